The number of hydrogen-bond donors (Lipinski definition) is 1. The summed E-state index contributed by atoms with van der Waals surface area (Å²) in [7, 11) is 1.93. The number of hydrogen-bond acceptors (Lipinski definition) is 2. The van der Waals surface area contributed by atoms with E-state index in [1.54, 1.807) is 0 Å². The Kier molecular flexibility index (Phi) is 3.21. The van der Waals surface area contributed by atoms with Crippen LogP contribution in [0.2, 0.25) is 0 Å². The van der Waals surface area contributed by atoms with Crippen LogP contribution in [0, 0.1) is 0 Å². The van der Waals surface area contributed by atoms with Gasteiger partial charge in [0, 0.05) is 35.4 Å². The molecule has 0 aliphatic heterocycles. The van der Waals surface area contributed by atoms with Crippen molar-refractivity contribution >= 4 is 22.7 Å². The molecular formula is C18H16N2. The lowest BCUT2D eigenvalue weighted by molar-refractivity contribution is 1.41. The van der Waals surface area contributed by atoms with E-state index < -0.39 is 0 Å². The van der Waals surface area contributed by atoms with Gasteiger partial charge in [0.25, 0.3) is 0 Å². The molecule has 0 amide bonds. The molecule has 20 heavy (non-hydrogen) atoms. The average molecular weight is 260 g/mol. The van der Waals surface area contributed by atoms with Crippen LogP contribution in [0.25, 0.3) is 28.1 Å². The molecule has 0 radical (unpaired) electrons. The lowest BCUT2D eigenvalue weighted by Crippen LogP contribution is -1.94. The molecule has 0 atom stereocenters. The fourth-order valence-corrected chi connectivity index (χ4v) is 2.45. The summed E-state index contributed by atoms with van der Waals surface area (Å²) in [4.78, 5) is 4.53. The van der Waals surface area contributed by atoms with Gasteiger partial charge in [0.1, 0.15) is 0 Å². The molecule has 0 aliphatic rings. The van der Waals surface area contributed by atoms with E-state index in [2.05, 4.69) is 59.3 Å². The zero-order valence-corrected chi connectivity index (χ0v) is 11.4. The molecule has 0 saturated heterocycles. The molecule has 0 bridgehead atoms. The Labute approximate surface area is 118 Å². The van der Waals surface area contributed by atoms with Crippen molar-refractivity contribution in [2.45, 2.75) is 0 Å². The van der Waals surface area contributed by atoms with Gasteiger partial charge >= 0.3 is 0 Å². The summed E-state index contributed by atoms with van der Waals surface area (Å²) in [6, 6.07) is 16.6. The minimum absolute atomic E-state index is 1.03. The molecule has 0 saturated carbocycles. The first-order chi connectivity index (χ1) is 9.83. The number of nitrogens with one attached hydrogen (secondary N) is 1. The molecule has 2 heteroatoms. The van der Waals surface area contributed by atoms with Crippen LogP contribution < -0.4 is 5.32 Å². The number of pyridine rings is 1. The predicted octanol–water partition coefficient (Wildman–Crippen LogP) is 4.59. The van der Waals surface area contributed by atoms with Gasteiger partial charge < -0.3 is 5.32 Å². The van der Waals surface area contributed by atoms with Gasteiger partial charge in [-0.3, -0.25) is 4.98 Å². The van der Waals surface area contributed by atoms with E-state index in [9.17, 15) is 0 Å². The minimum Gasteiger partial charge on any atom is -0.388 e. The molecule has 98 valence electrons. The fraction of sp³-hybridized carbons (Fsp3) is 0.0556. The van der Waals surface area contributed by atoms with Gasteiger partial charge in [0.15, 0.2) is 0 Å². The van der Waals surface area contributed by atoms with Crippen LogP contribution in [-0.4, -0.2) is 12.0 Å². The van der Waals surface area contributed by atoms with Crippen LogP contribution in [0.5, 0.6) is 0 Å². The SMILES string of the molecule is C=Cc1ccc(-c2cccc3cccnc23)c(NC)c1. The number of benzene rings is 2. The van der Waals surface area contributed by atoms with Crippen LogP contribution in [0.4, 0.5) is 5.69 Å². The molecule has 0 fully saturated rings. The lowest BCUT2D eigenvalue weighted by atomic mass is 9.98. The van der Waals surface area contributed by atoms with Gasteiger partial charge in [-0.15, -0.1) is 0 Å². The second-order valence-corrected chi connectivity index (χ2v) is 4.64. The first-order valence-electron chi connectivity index (χ1n) is 6.62. The van der Waals surface area contributed by atoms with Crippen LogP contribution in [0.1, 0.15) is 5.56 Å². The third kappa shape index (κ3) is 2.05. The summed E-state index contributed by atoms with van der Waals surface area (Å²) >= 11 is 0. The van der Waals surface area contributed by atoms with Gasteiger partial charge in [0.2, 0.25) is 0 Å². The third-order valence-corrected chi connectivity index (χ3v) is 3.47. The molecular weight excluding hydrogens is 244 g/mol. The number of nitrogens with zero attached hydrogens (tertiary/aromatic N) is 1. The van der Waals surface area contributed by atoms with Gasteiger partial charge in [-0.2, -0.15) is 0 Å². The van der Waals surface area contributed by atoms with Crippen LogP contribution in [0.15, 0.2) is 61.3 Å². The summed E-state index contributed by atoms with van der Waals surface area (Å²) in [5.74, 6) is 0. The highest BCUT2D eigenvalue weighted by molar-refractivity contribution is 5.97. The fourth-order valence-electron chi connectivity index (χ4n) is 2.45. The van der Waals surface area contributed by atoms with Crippen LogP contribution >= 0.6 is 0 Å². The van der Waals surface area contributed by atoms with Crippen molar-refractivity contribution in [3.05, 3.63) is 66.9 Å². The lowest BCUT2D eigenvalue weighted by Gasteiger charge is -2.12. The first-order valence-corrected chi connectivity index (χ1v) is 6.62. The number of fused-ring (bicyclic) bond motifs is 1. The summed E-state index contributed by atoms with van der Waals surface area (Å²) in [6.07, 6.45) is 3.69. The van der Waals surface area contributed by atoms with Crippen molar-refractivity contribution in [3.63, 3.8) is 0 Å². The van der Waals surface area contributed by atoms with Crippen molar-refractivity contribution in [2.24, 2.45) is 0 Å². The molecule has 2 nitrogen and oxygen atoms in total. The third-order valence-electron chi connectivity index (χ3n) is 3.47. The van der Waals surface area contributed by atoms with E-state index in [1.165, 1.54) is 0 Å². The van der Waals surface area contributed by atoms with Crippen molar-refractivity contribution in [1.29, 1.82) is 0 Å². The average Bonchev–Trinajstić information content (AvgIpc) is 2.53. The molecule has 0 spiro atoms. The van der Waals surface area contributed by atoms with E-state index in [0.717, 1.165) is 33.3 Å². The van der Waals surface area contributed by atoms with Crippen molar-refractivity contribution in [2.75, 3.05) is 12.4 Å². The van der Waals surface area contributed by atoms with Gasteiger partial charge in [-0.05, 0) is 17.7 Å². The van der Waals surface area contributed by atoms with Gasteiger partial charge in [-0.25, -0.2) is 0 Å². The molecule has 0 unspecified atom stereocenters. The summed E-state index contributed by atoms with van der Waals surface area (Å²) < 4.78 is 0. The number of rotatable bonds is 3. The van der Waals surface area contributed by atoms with E-state index >= 15 is 0 Å². The highest BCUT2D eigenvalue weighted by Crippen LogP contribution is 2.33. The Morgan fingerprint density at radius 3 is 2.70 bits per heavy atom. The second-order valence-electron chi connectivity index (χ2n) is 4.64. The van der Waals surface area contributed by atoms with Crippen molar-refractivity contribution < 1.29 is 0 Å². The van der Waals surface area contributed by atoms with E-state index in [-0.39, 0.29) is 0 Å². The Hall–Kier alpha value is -2.61. The smallest absolute Gasteiger partial charge is 0.0781 e. The normalized spacial score (nSPS) is 10.4. The van der Waals surface area contributed by atoms with Crippen molar-refractivity contribution in [1.82, 2.24) is 4.98 Å². The standard InChI is InChI=1S/C18H16N2/c1-3-13-9-10-15(17(12-13)19-2)16-8-4-6-14-7-5-11-20-18(14)16/h3-12,19H,1H2,2H3. The van der Waals surface area contributed by atoms with Crippen LogP contribution in [-0.2, 0) is 0 Å². The van der Waals surface area contributed by atoms with Crippen LogP contribution in [0.3, 0.4) is 0 Å². The van der Waals surface area contributed by atoms with Crippen molar-refractivity contribution in [3.8, 4) is 11.1 Å². The number of para-hydroxylation sites is 1. The number of aromatic nitrogens is 1. The minimum atomic E-state index is 1.03. The highest BCUT2D eigenvalue weighted by atomic mass is 14.8. The molecule has 1 heterocycles. The molecule has 1 aromatic heterocycles. The largest absolute Gasteiger partial charge is 0.388 e. The Balaban J connectivity index is 2.28. The zero-order chi connectivity index (χ0) is 13.9. The maximum absolute atomic E-state index is 4.53. The quantitative estimate of drug-likeness (QED) is 0.745. The maximum atomic E-state index is 4.53. The van der Waals surface area contributed by atoms with E-state index in [4.69, 9.17) is 0 Å². The topological polar surface area (TPSA) is 24.9 Å². The molecule has 2 aromatic carbocycles. The number of anilines is 1. The second kappa shape index (κ2) is 5.17. The molecule has 3 aromatic rings. The Bertz CT molecular complexity index is 770. The van der Waals surface area contributed by atoms with Gasteiger partial charge in [-0.1, -0.05) is 49.1 Å². The highest BCUT2D eigenvalue weighted by Gasteiger charge is 2.08. The Morgan fingerprint density at radius 2 is 1.90 bits per heavy atom. The predicted molar refractivity (Wildman–Crippen MR) is 86.8 cm³/mol. The van der Waals surface area contributed by atoms with E-state index in [1.807, 2.05) is 25.4 Å². The monoisotopic (exact) mass is 260 g/mol. The van der Waals surface area contributed by atoms with Gasteiger partial charge in [0.05, 0.1) is 5.52 Å². The molecule has 0 aliphatic carbocycles. The van der Waals surface area contributed by atoms with E-state index in [0.29, 0.717) is 0 Å². The summed E-state index contributed by atoms with van der Waals surface area (Å²) in [5.41, 5.74) is 5.51. The molecule has 3 rings (SSSR count). The molecule has 1 N–H and O–H groups in total. The Morgan fingerprint density at radius 1 is 1.05 bits per heavy atom. The maximum Gasteiger partial charge on any atom is 0.0781 e. The zero-order valence-electron chi connectivity index (χ0n) is 11.4. The first kappa shape index (κ1) is 12.4. The summed E-state index contributed by atoms with van der Waals surface area (Å²) in [6.45, 7) is 3.82. The summed E-state index contributed by atoms with van der Waals surface area (Å²) in [5, 5.41) is 4.41.